The second-order valence-electron chi connectivity index (χ2n) is 5.08. The van der Waals surface area contributed by atoms with Crippen molar-refractivity contribution in [3.8, 4) is 10.6 Å². The number of hydrogen-bond acceptors (Lipinski definition) is 5. The highest BCUT2D eigenvalue weighted by molar-refractivity contribution is 7.17. The second-order valence-corrected chi connectivity index (χ2v) is 6.86. The highest BCUT2D eigenvalue weighted by Gasteiger charge is 2.18. The van der Waals surface area contributed by atoms with Gasteiger partial charge in [0, 0.05) is 35.9 Å². The van der Waals surface area contributed by atoms with E-state index < -0.39 is 0 Å². The van der Waals surface area contributed by atoms with Crippen molar-refractivity contribution >= 4 is 28.6 Å². The molecule has 0 unspecified atom stereocenters. The van der Waals surface area contributed by atoms with Crippen LogP contribution < -0.4 is 5.32 Å². The predicted octanol–water partition coefficient (Wildman–Crippen LogP) is 3.20. The minimum absolute atomic E-state index is 0.0211. The van der Waals surface area contributed by atoms with Gasteiger partial charge in [0.1, 0.15) is 9.88 Å². The van der Waals surface area contributed by atoms with Crippen molar-refractivity contribution in [2.45, 2.75) is 26.4 Å². The number of thiophene rings is 1. The van der Waals surface area contributed by atoms with E-state index in [9.17, 15) is 4.79 Å². The van der Waals surface area contributed by atoms with Crippen LogP contribution >= 0.6 is 22.7 Å². The molecule has 1 N–H and O–H groups in total. The summed E-state index contributed by atoms with van der Waals surface area (Å²) in [7, 11) is 0. The van der Waals surface area contributed by atoms with Gasteiger partial charge in [-0.05, 0) is 25.3 Å². The SMILES string of the molecule is Cc1nc(-c2ccsc2)sc1C(=O)N[C@@H](C)Cn1ccnc1. The molecule has 0 bridgehead atoms. The summed E-state index contributed by atoms with van der Waals surface area (Å²) >= 11 is 3.07. The number of imidazole rings is 1. The van der Waals surface area contributed by atoms with Crippen LogP contribution in [0.2, 0.25) is 0 Å². The van der Waals surface area contributed by atoms with Gasteiger partial charge in [0.25, 0.3) is 5.91 Å². The highest BCUT2D eigenvalue weighted by atomic mass is 32.1. The third kappa shape index (κ3) is 3.26. The van der Waals surface area contributed by atoms with Crippen molar-refractivity contribution in [2.24, 2.45) is 0 Å². The van der Waals surface area contributed by atoms with Crippen molar-refractivity contribution < 1.29 is 4.79 Å². The quantitative estimate of drug-likeness (QED) is 0.780. The number of aromatic nitrogens is 3. The molecule has 0 radical (unpaired) electrons. The Morgan fingerprint density at radius 3 is 3.05 bits per heavy atom. The van der Waals surface area contributed by atoms with E-state index in [0.29, 0.717) is 11.4 Å². The molecule has 0 aliphatic carbocycles. The van der Waals surface area contributed by atoms with Gasteiger partial charge in [-0.1, -0.05) is 0 Å². The number of rotatable bonds is 5. The lowest BCUT2D eigenvalue weighted by molar-refractivity contribution is 0.0940. The molecule has 3 aromatic rings. The Hall–Kier alpha value is -1.99. The topological polar surface area (TPSA) is 59.8 Å². The summed E-state index contributed by atoms with van der Waals surface area (Å²) in [4.78, 5) is 21.6. The normalized spacial score (nSPS) is 12.3. The number of amides is 1. The first-order valence-electron chi connectivity index (χ1n) is 6.90. The molecule has 0 saturated heterocycles. The molecule has 114 valence electrons. The average molecular weight is 332 g/mol. The van der Waals surface area contributed by atoms with E-state index in [-0.39, 0.29) is 11.9 Å². The Kier molecular flexibility index (Phi) is 4.35. The summed E-state index contributed by atoms with van der Waals surface area (Å²) in [5.74, 6) is -0.0657. The monoisotopic (exact) mass is 332 g/mol. The molecule has 22 heavy (non-hydrogen) atoms. The van der Waals surface area contributed by atoms with Crippen LogP contribution in [0.4, 0.5) is 0 Å². The second kappa shape index (κ2) is 6.41. The van der Waals surface area contributed by atoms with Crippen LogP contribution in [0.5, 0.6) is 0 Å². The Morgan fingerprint density at radius 1 is 1.50 bits per heavy atom. The molecule has 3 heterocycles. The maximum absolute atomic E-state index is 12.4. The zero-order valence-electron chi connectivity index (χ0n) is 12.3. The van der Waals surface area contributed by atoms with Crippen LogP contribution in [0.15, 0.2) is 35.5 Å². The standard InChI is InChI=1S/C15H16N4OS2/c1-10(7-19-5-4-16-9-19)17-14(20)13-11(2)18-15(22-13)12-3-6-21-8-12/h3-6,8-10H,7H2,1-2H3,(H,17,20)/t10-/m0/s1. The lowest BCUT2D eigenvalue weighted by Gasteiger charge is -2.13. The summed E-state index contributed by atoms with van der Waals surface area (Å²) in [6.45, 7) is 4.55. The van der Waals surface area contributed by atoms with Crippen LogP contribution in [-0.2, 0) is 6.54 Å². The van der Waals surface area contributed by atoms with Gasteiger partial charge in [0.2, 0.25) is 0 Å². The Morgan fingerprint density at radius 2 is 2.36 bits per heavy atom. The molecule has 0 spiro atoms. The van der Waals surface area contributed by atoms with Gasteiger partial charge in [0.15, 0.2) is 0 Å². The third-order valence-corrected chi connectivity index (χ3v) is 5.08. The molecule has 1 atom stereocenters. The van der Waals surface area contributed by atoms with Gasteiger partial charge in [-0.3, -0.25) is 4.79 Å². The van der Waals surface area contributed by atoms with Crippen LogP contribution in [0.25, 0.3) is 10.6 Å². The largest absolute Gasteiger partial charge is 0.347 e. The Balaban J connectivity index is 1.69. The number of hydrogen-bond donors (Lipinski definition) is 1. The fourth-order valence-electron chi connectivity index (χ4n) is 2.16. The number of nitrogens with one attached hydrogen (secondary N) is 1. The number of nitrogens with zero attached hydrogens (tertiary/aromatic N) is 3. The van der Waals surface area contributed by atoms with Crippen molar-refractivity contribution in [1.82, 2.24) is 19.9 Å². The first-order valence-corrected chi connectivity index (χ1v) is 8.66. The van der Waals surface area contributed by atoms with Crippen molar-refractivity contribution in [2.75, 3.05) is 0 Å². The summed E-state index contributed by atoms with van der Waals surface area (Å²) in [6, 6.07) is 2.04. The highest BCUT2D eigenvalue weighted by Crippen LogP contribution is 2.29. The number of carbonyl (C=O) groups is 1. The molecular formula is C15H16N4OS2. The average Bonchev–Trinajstić information content (AvgIpc) is 3.17. The third-order valence-electron chi connectivity index (χ3n) is 3.19. The van der Waals surface area contributed by atoms with Crippen molar-refractivity contribution in [3.05, 3.63) is 46.1 Å². The zero-order valence-corrected chi connectivity index (χ0v) is 13.9. The molecule has 0 aromatic carbocycles. The van der Waals surface area contributed by atoms with E-state index in [1.165, 1.54) is 11.3 Å². The Bertz CT molecular complexity index is 747. The first-order chi connectivity index (χ1) is 10.6. The number of thiazole rings is 1. The summed E-state index contributed by atoms with van der Waals surface area (Å²) < 4.78 is 1.95. The van der Waals surface area contributed by atoms with Crippen LogP contribution in [-0.4, -0.2) is 26.5 Å². The maximum Gasteiger partial charge on any atom is 0.263 e. The summed E-state index contributed by atoms with van der Waals surface area (Å²) in [5, 5.41) is 7.97. The van der Waals surface area contributed by atoms with Gasteiger partial charge < -0.3 is 9.88 Å². The van der Waals surface area contributed by atoms with E-state index in [1.54, 1.807) is 23.9 Å². The minimum atomic E-state index is -0.0657. The molecule has 1 amide bonds. The van der Waals surface area contributed by atoms with Crippen LogP contribution in [0.3, 0.4) is 0 Å². The van der Waals surface area contributed by atoms with Gasteiger partial charge in [-0.15, -0.1) is 11.3 Å². The molecule has 7 heteroatoms. The molecule has 0 aliphatic heterocycles. The fourth-order valence-corrected chi connectivity index (χ4v) is 3.84. The van der Waals surface area contributed by atoms with E-state index in [4.69, 9.17) is 0 Å². The summed E-state index contributed by atoms with van der Waals surface area (Å²) in [5.41, 5.74) is 1.85. The molecule has 3 aromatic heterocycles. The van der Waals surface area contributed by atoms with E-state index in [0.717, 1.165) is 16.3 Å². The van der Waals surface area contributed by atoms with Gasteiger partial charge in [-0.2, -0.15) is 11.3 Å². The molecule has 3 rings (SSSR count). The maximum atomic E-state index is 12.4. The molecule has 0 saturated carbocycles. The molecule has 0 fully saturated rings. The fraction of sp³-hybridized carbons (Fsp3) is 0.267. The number of aryl methyl sites for hydroxylation is 1. The van der Waals surface area contributed by atoms with Gasteiger partial charge in [-0.25, -0.2) is 9.97 Å². The smallest absolute Gasteiger partial charge is 0.263 e. The van der Waals surface area contributed by atoms with E-state index in [1.807, 2.05) is 41.4 Å². The molecule has 5 nitrogen and oxygen atoms in total. The lowest BCUT2D eigenvalue weighted by Crippen LogP contribution is -2.35. The number of carbonyl (C=O) groups excluding carboxylic acids is 1. The van der Waals surface area contributed by atoms with Crippen LogP contribution in [0, 0.1) is 6.92 Å². The molecule has 0 aliphatic rings. The first kappa shape index (κ1) is 14.9. The zero-order chi connectivity index (χ0) is 15.5. The summed E-state index contributed by atoms with van der Waals surface area (Å²) in [6.07, 6.45) is 5.36. The van der Waals surface area contributed by atoms with Crippen LogP contribution in [0.1, 0.15) is 22.3 Å². The lowest BCUT2D eigenvalue weighted by atomic mass is 10.3. The van der Waals surface area contributed by atoms with Crippen molar-refractivity contribution in [1.29, 1.82) is 0 Å². The van der Waals surface area contributed by atoms with E-state index in [2.05, 4.69) is 15.3 Å². The van der Waals surface area contributed by atoms with Crippen molar-refractivity contribution in [3.63, 3.8) is 0 Å². The van der Waals surface area contributed by atoms with Gasteiger partial charge in [0.05, 0.1) is 12.0 Å². The Labute approximate surface area is 136 Å². The minimum Gasteiger partial charge on any atom is -0.347 e. The predicted molar refractivity (Wildman–Crippen MR) is 89.3 cm³/mol. The molecular weight excluding hydrogens is 316 g/mol. The van der Waals surface area contributed by atoms with Gasteiger partial charge >= 0.3 is 0 Å². The van der Waals surface area contributed by atoms with E-state index >= 15 is 0 Å².